The van der Waals surface area contributed by atoms with Crippen LogP contribution in [0.3, 0.4) is 0 Å². The van der Waals surface area contributed by atoms with E-state index in [1.54, 1.807) is 6.20 Å². The monoisotopic (exact) mass is 526 g/mol. The van der Waals surface area contributed by atoms with Crippen LogP contribution < -0.4 is 15.5 Å². The Balaban J connectivity index is 1.25. The first-order valence-corrected chi connectivity index (χ1v) is 13.7. The fourth-order valence-electron chi connectivity index (χ4n) is 5.10. The number of nitrogens with zero attached hydrogens (tertiary/aromatic N) is 6. The van der Waals surface area contributed by atoms with E-state index in [2.05, 4.69) is 81.5 Å². The highest BCUT2D eigenvalue weighted by Gasteiger charge is 2.17. The maximum Gasteiger partial charge on any atom is 0.228 e. The van der Waals surface area contributed by atoms with Crippen LogP contribution in [0, 0.1) is 13.8 Å². The van der Waals surface area contributed by atoms with Crippen LogP contribution in [0.2, 0.25) is 0 Å². The number of anilines is 3. The van der Waals surface area contributed by atoms with Crippen molar-refractivity contribution in [3.8, 4) is 0 Å². The second kappa shape index (κ2) is 11.4. The molecule has 9 nitrogen and oxygen atoms in total. The van der Waals surface area contributed by atoms with Gasteiger partial charge in [-0.25, -0.2) is 9.97 Å². The van der Waals surface area contributed by atoms with Crippen LogP contribution in [-0.4, -0.2) is 63.8 Å². The van der Waals surface area contributed by atoms with E-state index in [1.165, 1.54) is 11.3 Å². The number of benzene rings is 2. The third kappa shape index (κ3) is 6.20. The number of rotatable bonds is 8. The lowest BCUT2D eigenvalue weighted by Crippen LogP contribution is -2.44. The lowest BCUT2D eigenvalue weighted by Gasteiger charge is -2.35. The van der Waals surface area contributed by atoms with E-state index in [0.29, 0.717) is 17.9 Å². The standard InChI is InChI=1S/C30H38N8O/c1-6-38-19-26-30(35-38)34-28(18-31-26)32-22(4)25-17-24(10-8-20(25)2)33-29(39)16-23-9-7-21(3)27(15-23)37-13-11-36(5)12-14-37/h7-10,15,17-19,22H,6,11-14,16H2,1-5H3,(H,33,39)(H,32,34,35)/t22-/m0/s1. The number of likely N-dealkylation sites (N-methyl/N-ethyl adjacent to an activating group) is 1. The van der Waals surface area contributed by atoms with E-state index in [-0.39, 0.29) is 11.9 Å². The Hall–Kier alpha value is -3.98. The van der Waals surface area contributed by atoms with E-state index in [0.717, 1.165) is 60.6 Å². The summed E-state index contributed by atoms with van der Waals surface area (Å²) in [5.41, 5.74) is 7.90. The van der Waals surface area contributed by atoms with Crippen molar-refractivity contribution in [1.29, 1.82) is 0 Å². The molecule has 1 atom stereocenters. The lowest BCUT2D eigenvalue weighted by molar-refractivity contribution is -0.115. The largest absolute Gasteiger partial charge is 0.369 e. The van der Waals surface area contributed by atoms with Crippen LogP contribution in [0.25, 0.3) is 11.2 Å². The van der Waals surface area contributed by atoms with Crippen LogP contribution in [0.15, 0.2) is 48.8 Å². The fraction of sp³-hybridized carbons (Fsp3) is 0.400. The molecule has 5 rings (SSSR count). The molecule has 204 valence electrons. The van der Waals surface area contributed by atoms with Crippen molar-refractivity contribution in [2.45, 2.75) is 46.7 Å². The van der Waals surface area contributed by atoms with Crippen LogP contribution in [0.5, 0.6) is 0 Å². The average molecular weight is 527 g/mol. The lowest BCUT2D eigenvalue weighted by atomic mass is 10.0. The summed E-state index contributed by atoms with van der Waals surface area (Å²) in [6.45, 7) is 13.2. The second-order valence-electron chi connectivity index (χ2n) is 10.5. The molecule has 9 heteroatoms. The molecule has 1 fully saturated rings. The van der Waals surface area contributed by atoms with Gasteiger partial charge in [0.2, 0.25) is 11.6 Å². The Bertz CT molecular complexity index is 1470. The van der Waals surface area contributed by atoms with Gasteiger partial charge >= 0.3 is 0 Å². The summed E-state index contributed by atoms with van der Waals surface area (Å²) in [6.07, 6.45) is 3.97. The number of aromatic nitrogens is 4. The molecule has 0 saturated carbocycles. The molecule has 0 radical (unpaired) electrons. The van der Waals surface area contributed by atoms with Crippen molar-refractivity contribution in [1.82, 2.24) is 24.6 Å². The van der Waals surface area contributed by atoms with Gasteiger partial charge in [0, 0.05) is 44.1 Å². The number of nitrogens with one attached hydrogen (secondary N) is 2. The normalized spacial score (nSPS) is 14.9. The second-order valence-corrected chi connectivity index (χ2v) is 10.5. The Labute approximate surface area is 230 Å². The number of piperazine rings is 1. The number of amides is 1. The summed E-state index contributed by atoms with van der Waals surface area (Å²) in [6, 6.07) is 12.4. The van der Waals surface area contributed by atoms with Crippen LogP contribution in [-0.2, 0) is 17.8 Å². The Kier molecular flexibility index (Phi) is 7.79. The molecule has 2 aromatic carbocycles. The molecule has 0 unspecified atom stereocenters. The third-order valence-corrected chi connectivity index (χ3v) is 7.48. The molecule has 0 bridgehead atoms. The minimum Gasteiger partial charge on any atom is -0.369 e. The van der Waals surface area contributed by atoms with Gasteiger partial charge in [0.25, 0.3) is 0 Å². The fourth-order valence-corrected chi connectivity index (χ4v) is 5.10. The van der Waals surface area contributed by atoms with Crippen molar-refractivity contribution in [3.05, 3.63) is 71.0 Å². The molecule has 39 heavy (non-hydrogen) atoms. The van der Waals surface area contributed by atoms with Crippen LogP contribution in [0.4, 0.5) is 17.2 Å². The van der Waals surface area contributed by atoms with Gasteiger partial charge in [-0.05, 0) is 75.2 Å². The van der Waals surface area contributed by atoms with Gasteiger partial charge in [0.15, 0.2) is 0 Å². The summed E-state index contributed by atoms with van der Waals surface area (Å²) in [7, 11) is 2.16. The highest BCUT2D eigenvalue weighted by atomic mass is 16.1. The van der Waals surface area contributed by atoms with Crippen molar-refractivity contribution < 1.29 is 4.79 Å². The molecular weight excluding hydrogens is 488 g/mol. The zero-order valence-corrected chi connectivity index (χ0v) is 23.5. The number of fused-ring (bicyclic) bond motifs is 1. The average Bonchev–Trinajstić information content (AvgIpc) is 3.34. The molecule has 1 aliphatic rings. The maximum atomic E-state index is 13.0. The molecular formula is C30H38N8O. The molecule has 0 aliphatic carbocycles. The van der Waals surface area contributed by atoms with Crippen molar-refractivity contribution in [3.63, 3.8) is 0 Å². The summed E-state index contributed by atoms with van der Waals surface area (Å²) in [4.78, 5) is 26.9. The zero-order valence-electron chi connectivity index (χ0n) is 23.5. The van der Waals surface area contributed by atoms with E-state index in [4.69, 9.17) is 0 Å². The molecule has 2 aromatic heterocycles. The third-order valence-electron chi connectivity index (χ3n) is 7.48. The zero-order chi connectivity index (χ0) is 27.5. The van der Waals surface area contributed by atoms with Crippen molar-refractivity contribution in [2.24, 2.45) is 0 Å². The van der Waals surface area contributed by atoms with Gasteiger partial charge in [-0.2, -0.15) is 5.10 Å². The van der Waals surface area contributed by atoms with Gasteiger partial charge in [-0.15, -0.1) is 0 Å². The van der Waals surface area contributed by atoms with Gasteiger partial charge in [-0.3, -0.25) is 9.48 Å². The Morgan fingerprint density at radius 1 is 1.05 bits per heavy atom. The topological polar surface area (TPSA) is 91.2 Å². The van der Waals surface area contributed by atoms with Gasteiger partial charge in [-0.1, -0.05) is 18.2 Å². The minimum atomic E-state index is -0.0369. The predicted molar refractivity (Wildman–Crippen MR) is 157 cm³/mol. The van der Waals surface area contributed by atoms with Crippen molar-refractivity contribution >= 4 is 34.3 Å². The highest BCUT2D eigenvalue weighted by molar-refractivity contribution is 5.92. The molecule has 3 heterocycles. The molecule has 1 aliphatic heterocycles. The van der Waals surface area contributed by atoms with Crippen LogP contribution >= 0.6 is 0 Å². The number of carbonyl (C=O) groups excluding carboxylic acids is 1. The first kappa shape index (κ1) is 26.6. The van der Waals surface area contributed by atoms with E-state index in [9.17, 15) is 4.79 Å². The quantitative estimate of drug-likeness (QED) is 0.348. The van der Waals surface area contributed by atoms with Gasteiger partial charge in [0.05, 0.1) is 24.9 Å². The summed E-state index contributed by atoms with van der Waals surface area (Å²) in [5, 5.41) is 11.0. The number of hydrogen-bond donors (Lipinski definition) is 2. The van der Waals surface area contributed by atoms with Gasteiger partial charge in [0.1, 0.15) is 11.3 Å². The number of hydrogen-bond acceptors (Lipinski definition) is 7. The number of aryl methyl sites for hydroxylation is 3. The molecule has 1 amide bonds. The predicted octanol–water partition coefficient (Wildman–Crippen LogP) is 4.57. The Morgan fingerprint density at radius 3 is 2.59 bits per heavy atom. The first-order valence-electron chi connectivity index (χ1n) is 13.7. The minimum absolute atomic E-state index is 0.0265. The van der Waals surface area contributed by atoms with Crippen molar-refractivity contribution in [2.75, 3.05) is 48.8 Å². The summed E-state index contributed by atoms with van der Waals surface area (Å²) < 4.78 is 1.83. The van der Waals surface area contributed by atoms with E-state index >= 15 is 0 Å². The SMILES string of the molecule is CCn1cc2ncc(N[C@@H](C)c3cc(NC(=O)Cc4ccc(C)c(N5CCN(C)CC5)c4)ccc3C)nc2n1. The smallest absolute Gasteiger partial charge is 0.228 e. The summed E-state index contributed by atoms with van der Waals surface area (Å²) >= 11 is 0. The molecule has 0 spiro atoms. The Morgan fingerprint density at radius 2 is 1.82 bits per heavy atom. The first-order chi connectivity index (χ1) is 18.8. The number of carbonyl (C=O) groups is 1. The van der Waals surface area contributed by atoms with Gasteiger partial charge < -0.3 is 20.4 Å². The summed E-state index contributed by atoms with van der Waals surface area (Å²) in [5.74, 6) is 0.641. The maximum absolute atomic E-state index is 13.0. The molecule has 4 aromatic rings. The van der Waals surface area contributed by atoms with E-state index < -0.39 is 0 Å². The molecule has 2 N–H and O–H groups in total. The van der Waals surface area contributed by atoms with E-state index in [1.807, 2.05) is 36.0 Å². The molecule has 1 saturated heterocycles. The van der Waals surface area contributed by atoms with Crippen LogP contribution in [0.1, 0.15) is 42.1 Å². The highest BCUT2D eigenvalue weighted by Crippen LogP contribution is 2.26.